The molecule has 0 aromatic carbocycles. The van der Waals surface area contributed by atoms with Crippen LogP contribution >= 0.6 is 0 Å². The van der Waals surface area contributed by atoms with Crippen molar-refractivity contribution in [1.82, 2.24) is 5.32 Å². The van der Waals surface area contributed by atoms with Crippen molar-refractivity contribution >= 4 is 0 Å². The molecule has 0 fully saturated rings. The Hall–Kier alpha value is -0.0400. The van der Waals surface area contributed by atoms with E-state index in [1.165, 1.54) is 12.8 Å². The largest absolute Gasteiger partial charge is 0.314 e. The van der Waals surface area contributed by atoms with Crippen LogP contribution < -0.4 is 5.32 Å². The van der Waals surface area contributed by atoms with E-state index in [2.05, 4.69) is 26.1 Å². The van der Waals surface area contributed by atoms with Gasteiger partial charge in [-0.15, -0.1) is 0 Å². The molecule has 0 spiro atoms. The molecule has 0 saturated heterocycles. The lowest BCUT2D eigenvalue weighted by atomic mass is 10.2. The van der Waals surface area contributed by atoms with Gasteiger partial charge in [0.25, 0.3) is 0 Å². The van der Waals surface area contributed by atoms with Crippen molar-refractivity contribution in [2.45, 2.75) is 32.7 Å². The van der Waals surface area contributed by atoms with E-state index in [-0.39, 0.29) is 0 Å². The van der Waals surface area contributed by atoms with E-state index in [9.17, 15) is 0 Å². The van der Waals surface area contributed by atoms with Gasteiger partial charge in [0.15, 0.2) is 0 Å². The van der Waals surface area contributed by atoms with Gasteiger partial charge in [0.1, 0.15) is 0 Å². The van der Waals surface area contributed by atoms with Gasteiger partial charge in [-0.2, -0.15) is 0 Å². The Labute approximate surface area is 52.5 Å². The Bertz CT molecular complexity index is 39.7. The summed E-state index contributed by atoms with van der Waals surface area (Å²) in [5.74, 6) is 0. The van der Waals surface area contributed by atoms with E-state index in [0.717, 1.165) is 6.54 Å². The molecular formula is C7H16N. The first kappa shape index (κ1) is 7.96. The van der Waals surface area contributed by atoms with E-state index in [4.69, 9.17) is 0 Å². The maximum Gasteiger partial charge on any atom is 0.00618 e. The van der Waals surface area contributed by atoms with E-state index >= 15 is 0 Å². The highest BCUT2D eigenvalue weighted by molar-refractivity contribution is 4.61. The highest BCUT2D eigenvalue weighted by atomic mass is 14.9. The fourth-order valence-corrected chi connectivity index (χ4v) is 0.781. The van der Waals surface area contributed by atoms with Crippen molar-refractivity contribution in [3.63, 3.8) is 0 Å². The molecule has 0 amide bonds. The highest BCUT2D eigenvalue weighted by Gasteiger charge is 1.96. The van der Waals surface area contributed by atoms with Gasteiger partial charge in [0, 0.05) is 6.04 Å². The molecule has 0 unspecified atom stereocenters. The fourth-order valence-electron chi connectivity index (χ4n) is 0.781. The minimum atomic E-state index is 0.687. The SMILES string of the molecule is [CH2]CNC(CC)CC. The van der Waals surface area contributed by atoms with Crippen molar-refractivity contribution in [1.29, 1.82) is 0 Å². The van der Waals surface area contributed by atoms with Crippen LogP contribution in [0.3, 0.4) is 0 Å². The van der Waals surface area contributed by atoms with Crippen molar-refractivity contribution in [3.05, 3.63) is 6.92 Å². The molecule has 0 aliphatic rings. The van der Waals surface area contributed by atoms with Gasteiger partial charge in [-0.05, 0) is 26.3 Å². The Balaban J connectivity index is 3.07. The van der Waals surface area contributed by atoms with Gasteiger partial charge in [-0.25, -0.2) is 0 Å². The van der Waals surface area contributed by atoms with E-state index in [0.29, 0.717) is 6.04 Å². The van der Waals surface area contributed by atoms with Gasteiger partial charge in [-0.1, -0.05) is 13.8 Å². The number of rotatable bonds is 4. The fraction of sp³-hybridized carbons (Fsp3) is 0.857. The lowest BCUT2D eigenvalue weighted by Gasteiger charge is -2.11. The monoisotopic (exact) mass is 114 g/mol. The smallest absolute Gasteiger partial charge is 0.00618 e. The van der Waals surface area contributed by atoms with Gasteiger partial charge in [-0.3, -0.25) is 0 Å². The molecule has 1 radical (unpaired) electrons. The molecule has 1 heteroatoms. The topological polar surface area (TPSA) is 12.0 Å². The van der Waals surface area contributed by atoms with Crippen LogP contribution in [0.4, 0.5) is 0 Å². The lowest BCUT2D eigenvalue weighted by Crippen LogP contribution is -2.26. The summed E-state index contributed by atoms with van der Waals surface area (Å²) in [6.07, 6.45) is 2.43. The molecule has 8 heavy (non-hydrogen) atoms. The number of hydrogen-bond donors (Lipinski definition) is 1. The van der Waals surface area contributed by atoms with Crippen molar-refractivity contribution in [2.24, 2.45) is 0 Å². The minimum absolute atomic E-state index is 0.687. The molecule has 0 saturated carbocycles. The summed E-state index contributed by atoms with van der Waals surface area (Å²) in [5.41, 5.74) is 0. The zero-order chi connectivity index (χ0) is 6.41. The van der Waals surface area contributed by atoms with Gasteiger partial charge >= 0.3 is 0 Å². The summed E-state index contributed by atoms with van der Waals surface area (Å²) < 4.78 is 0. The third kappa shape index (κ3) is 3.03. The van der Waals surface area contributed by atoms with E-state index in [1.807, 2.05) is 0 Å². The van der Waals surface area contributed by atoms with Crippen LogP contribution in [0, 0.1) is 6.92 Å². The molecule has 0 aromatic heterocycles. The molecule has 0 aliphatic heterocycles. The summed E-state index contributed by atoms with van der Waals surface area (Å²) in [4.78, 5) is 0. The van der Waals surface area contributed by atoms with Gasteiger partial charge in [0.05, 0.1) is 0 Å². The molecule has 1 nitrogen and oxygen atoms in total. The zero-order valence-corrected chi connectivity index (χ0v) is 5.91. The second-order valence-corrected chi connectivity index (χ2v) is 1.97. The first-order valence-corrected chi connectivity index (χ1v) is 3.37. The second kappa shape index (κ2) is 5.10. The lowest BCUT2D eigenvalue weighted by molar-refractivity contribution is 0.509. The summed E-state index contributed by atoms with van der Waals surface area (Å²) in [5, 5.41) is 3.27. The van der Waals surface area contributed by atoms with E-state index < -0.39 is 0 Å². The third-order valence-corrected chi connectivity index (χ3v) is 1.42. The summed E-state index contributed by atoms with van der Waals surface area (Å²) in [6.45, 7) is 8.95. The predicted molar refractivity (Wildman–Crippen MR) is 37.7 cm³/mol. The van der Waals surface area contributed by atoms with Crippen LogP contribution in [0.15, 0.2) is 0 Å². The van der Waals surface area contributed by atoms with Crippen LogP contribution in [-0.2, 0) is 0 Å². The van der Waals surface area contributed by atoms with Crippen molar-refractivity contribution in [2.75, 3.05) is 6.54 Å². The van der Waals surface area contributed by atoms with Crippen LogP contribution in [0.1, 0.15) is 26.7 Å². The Morgan fingerprint density at radius 1 is 1.38 bits per heavy atom. The average Bonchev–Trinajstić information content (AvgIpc) is 1.83. The summed E-state index contributed by atoms with van der Waals surface area (Å²) in [7, 11) is 0. The molecule has 0 bridgehead atoms. The van der Waals surface area contributed by atoms with Crippen molar-refractivity contribution < 1.29 is 0 Å². The van der Waals surface area contributed by atoms with Gasteiger partial charge in [0.2, 0.25) is 0 Å². The normalized spacial score (nSPS) is 10.5. The quantitative estimate of drug-likeness (QED) is 0.585. The number of hydrogen-bond acceptors (Lipinski definition) is 1. The molecule has 0 rings (SSSR count). The van der Waals surface area contributed by atoms with Crippen LogP contribution in [-0.4, -0.2) is 12.6 Å². The molecular weight excluding hydrogens is 98.1 g/mol. The Kier molecular flexibility index (Phi) is 5.08. The predicted octanol–water partition coefficient (Wildman–Crippen LogP) is 1.60. The van der Waals surface area contributed by atoms with Gasteiger partial charge < -0.3 is 5.32 Å². The molecule has 0 aromatic rings. The molecule has 1 N–H and O–H groups in total. The first-order chi connectivity index (χ1) is 3.85. The van der Waals surface area contributed by atoms with Crippen LogP contribution in [0.25, 0.3) is 0 Å². The van der Waals surface area contributed by atoms with E-state index in [1.54, 1.807) is 0 Å². The Morgan fingerprint density at radius 3 is 2.00 bits per heavy atom. The zero-order valence-electron chi connectivity index (χ0n) is 5.91. The standard InChI is InChI=1S/C7H16N/c1-4-7(5-2)8-6-3/h7-8H,3-6H2,1-2H3. The Morgan fingerprint density at radius 2 is 1.88 bits per heavy atom. The third-order valence-electron chi connectivity index (χ3n) is 1.42. The summed E-state index contributed by atoms with van der Waals surface area (Å²) in [6, 6.07) is 0.687. The second-order valence-electron chi connectivity index (χ2n) is 1.97. The molecule has 0 atom stereocenters. The average molecular weight is 114 g/mol. The molecule has 49 valence electrons. The first-order valence-electron chi connectivity index (χ1n) is 3.37. The summed E-state index contributed by atoms with van der Waals surface area (Å²) >= 11 is 0. The highest BCUT2D eigenvalue weighted by Crippen LogP contribution is 1.93. The van der Waals surface area contributed by atoms with Crippen molar-refractivity contribution in [3.8, 4) is 0 Å². The maximum atomic E-state index is 3.71. The molecule has 0 aliphatic carbocycles. The molecule has 0 heterocycles. The number of nitrogens with one attached hydrogen (secondary N) is 1. The minimum Gasteiger partial charge on any atom is -0.314 e. The van der Waals surface area contributed by atoms with Crippen LogP contribution in [0.2, 0.25) is 0 Å². The van der Waals surface area contributed by atoms with Crippen LogP contribution in [0.5, 0.6) is 0 Å². The maximum absolute atomic E-state index is 3.71.